The van der Waals surface area contributed by atoms with Crippen LogP contribution in [0.25, 0.3) is 5.69 Å². The number of benzene rings is 2. The molecule has 6 heteroatoms. The van der Waals surface area contributed by atoms with Gasteiger partial charge in [-0.15, -0.1) is 0 Å². The fourth-order valence-corrected chi connectivity index (χ4v) is 2.58. The Balaban J connectivity index is 2.04. The Bertz CT molecular complexity index is 1010. The predicted octanol–water partition coefficient (Wildman–Crippen LogP) is 3.11. The zero-order valence-electron chi connectivity index (χ0n) is 14.8. The van der Waals surface area contributed by atoms with Gasteiger partial charge in [0.05, 0.1) is 18.9 Å². The van der Waals surface area contributed by atoms with Gasteiger partial charge in [0.1, 0.15) is 0 Å². The van der Waals surface area contributed by atoms with E-state index >= 15 is 0 Å². The maximum atomic E-state index is 12.8. The van der Waals surface area contributed by atoms with Gasteiger partial charge in [0.25, 0.3) is 11.5 Å². The fraction of sp³-hybridized carbons (Fsp3) is 0.150. The van der Waals surface area contributed by atoms with Crippen LogP contribution in [0.3, 0.4) is 0 Å². The van der Waals surface area contributed by atoms with Crippen molar-refractivity contribution in [3.8, 4) is 11.4 Å². The number of methoxy groups -OCH3 is 1. The van der Waals surface area contributed by atoms with Crippen molar-refractivity contribution in [1.82, 2.24) is 9.78 Å². The van der Waals surface area contributed by atoms with Crippen LogP contribution in [0.4, 0.5) is 5.69 Å². The minimum atomic E-state index is -0.444. The van der Waals surface area contributed by atoms with E-state index in [1.54, 1.807) is 24.3 Å². The molecule has 0 saturated heterocycles. The van der Waals surface area contributed by atoms with Gasteiger partial charge in [-0.2, -0.15) is 9.78 Å². The Morgan fingerprint density at radius 3 is 2.50 bits per heavy atom. The van der Waals surface area contributed by atoms with Crippen LogP contribution in [0, 0.1) is 13.8 Å². The van der Waals surface area contributed by atoms with Gasteiger partial charge in [-0.25, -0.2) is 0 Å². The molecule has 1 aromatic heterocycles. The summed E-state index contributed by atoms with van der Waals surface area (Å²) in [5, 5.41) is 7.07. The number of hydrogen-bond donors (Lipinski definition) is 1. The zero-order valence-corrected chi connectivity index (χ0v) is 14.8. The van der Waals surface area contributed by atoms with Gasteiger partial charge in [-0.05, 0) is 43.2 Å². The molecule has 26 heavy (non-hydrogen) atoms. The highest BCUT2D eigenvalue weighted by molar-refractivity contribution is 6.05. The van der Waals surface area contributed by atoms with Gasteiger partial charge in [0.2, 0.25) is 0 Å². The van der Waals surface area contributed by atoms with E-state index in [4.69, 9.17) is 4.74 Å². The molecule has 1 heterocycles. The van der Waals surface area contributed by atoms with Gasteiger partial charge in [0.15, 0.2) is 11.4 Å². The average molecular weight is 349 g/mol. The first kappa shape index (κ1) is 17.4. The molecule has 1 amide bonds. The molecule has 3 rings (SSSR count). The summed E-state index contributed by atoms with van der Waals surface area (Å²) < 4.78 is 6.37. The molecular weight excluding hydrogens is 330 g/mol. The summed E-state index contributed by atoms with van der Waals surface area (Å²) in [4.78, 5) is 25.1. The van der Waals surface area contributed by atoms with Crippen molar-refractivity contribution in [1.29, 1.82) is 0 Å². The van der Waals surface area contributed by atoms with Crippen LogP contribution < -0.4 is 15.6 Å². The lowest BCUT2D eigenvalue weighted by Crippen LogP contribution is -2.26. The van der Waals surface area contributed by atoms with Crippen LogP contribution >= 0.6 is 0 Å². The number of carbonyl (C=O) groups excluding carboxylic acids is 1. The van der Waals surface area contributed by atoms with E-state index < -0.39 is 5.91 Å². The molecular formula is C20H19N3O3. The van der Waals surface area contributed by atoms with E-state index in [1.165, 1.54) is 17.9 Å². The van der Waals surface area contributed by atoms with E-state index in [-0.39, 0.29) is 17.0 Å². The van der Waals surface area contributed by atoms with Crippen LogP contribution in [-0.4, -0.2) is 22.8 Å². The van der Waals surface area contributed by atoms with Gasteiger partial charge in [-0.3, -0.25) is 9.59 Å². The molecule has 0 aliphatic rings. The smallest absolute Gasteiger partial charge is 0.280 e. The molecule has 0 unspecified atom stereocenters. The molecule has 0 bridgehead atoms. The van der Waals surface area contributed by atoms with E-state index in [0.717, 1.165) is 11.1 Å². The lowest BCUT2D eigenvalue weighted by Gasteiger charge is -2.13. The molecule has 0 aliphatic heterocycles. The molecule has 0 spiro atoms. The third kappa shape index (κ3) is 3.35. The summed E-state index contributed by atoms with van der Waals surface area (Å²) in [5.41, 5.74) is 2.96. The van der Waals surface area contributed by atoms with Gasteiger partial charge < -0.3 is 10.1 Å². The molecule has 1 N–H and O–H groups in total. The first-order chi connectivity index (χ1) is 12.5. The Morgan fingerprint density at radius 1 is 1.08 bits per heavy atom. The Hall–Kier alpha value is -3.41. The number of ether oxygens (including phenoxy) is 1. The highest BCUT2D eigenvalue weighted by Gasteiger charge is 2.19. The van der Waals surface area contributed by atoms with E-state index in [1.807, 2.05) is 38.1 Å². The normalized spacial score (nSPS) is 10.4. The van der Waals surface area contributed by atoms with Crippen LogP contribution in [0.5, 0.6) is 5.75 Å². The fourth-order valence-electron chi connectivity index (χ4n) is 2.58. The molecule has 0 radical (unpaired) electrons. The predicted molar refractivity (Wildman–Crippen MR) is 100 cm³/mol. The summed E-state index contributed by atoms with van der Waals surface area (Å²) in [6.07, 6.45) is 0. The van der Waals surface area contributed by atoms with Crippen LogP contribution in [0.15, 0.2) is 59.4 Å². The molecule has 0 atom stereocenters. The largest absolute Gasteiger partial charge is 0.494 e. The zero-order chi connectivity index (χ0) is 18.7. The maximum absolute atomic E-state index is 12.8. The third-order valence-corrected chi connectivity index (χ3v) is 4.19. The lowest BCUT2D eigenvalue weighted by molar-refractivity contribution is 0.101. The van der Waals surface area contributed by atoms with Crippen molar-refractivity contribution in [2.75, 3.05) is 12.4 Å². The summed E-state index contributed by atoms with van der Waals surface area (Å²) >= 11 is 0. The Morgan fingerprint density at radius 2 is 1.81 bits per heavy atom. The first-order valence-corrected chi connectivity index (χ1v) is 8.12. The van der Waals surface area contributed by atoms with Crippen molar-refractivity contribution in [3.05, 3.63) is 81.8 Å². The highest BCUT2D eigenvalue weighted by atomic mass is 16.5. The number of rotatable bonds is 4. The number of carbonyl (C=O) groups is 1. The van der Waals surface area contributed by atoms with Crippen LogP contribution in [-0.2, 0) is 0 Å². The van der Waals surface area contributed by atoms with Gasteiger partial charge in [-0.1, -0.05) is 30.3 Å². The standard InChI is InChI=1S/C20H19N3O3/c1-13-8-7-11-16(14(13)2)21-20(25)19-17(26-3)12-18(24)23(22-19)15-9-5-4-6-10-15/h4-12H,1-3H3,(H,21,25). The van der Waals surface area contributed by atoms with Crippen molar-refractivity contribution in [2.24, 2.45) is 0 Å². The number of amides is 1. The van der Waals surface area contributed by atoms with Crippen LogP contribution in [0.2, 0.25) is 0 Å². The molecule has 3 aromatic rings. The quantitative estimate of drug-likeness (QED) is 0.785. The average Bonchev–Trinajstić information content (AvgIpc) is 2.65. The summed E-state index contributed by atoms with van der Waals surface area (Å²) in [6, 6.07) is 15.8. The first-order valence-electron chi connectivity index (χ1n) is 8.12. The summed E-state index contributed by atoms with van der Waals surface area (Å²) in [5.74, 6) is -0.315. The van der Waals surface area contributed by atoms with Gasteiger partial charge in [0, 0.05) is 5.69 Å². The number of para-hydroxylation sites is 1. The second kappa shape index (κ2) is 7.23. The molecule has 0 fully saturated rings. The molecule has 2 aromatic carbocycles. The Labute approximate surface area is 151 Å². The number of nitrogens with zero attached hydrogens (tertiary/aromatic N) is 2. The topological polar surface area (TPSA) is 73.2 Å². The van der Waals surface area contributed by atoms with E-state index in [2.05, 4.69) is 10.4 Å². The van der Waals surface area contributed by atoms with Crippen molar-refractivity contribution in [3.63, 3.8) is 0 Å². The minimum absolute atomic E-state index is 0.0388. The minimum Gasteiger partial charge on any atom is -0.494 e. The molecule has 0 saturated carbocycles. The number of aryl methyl sites for hydroxylation is 1. The monoisotopic (exact) mass is 349 g/mol. The van der Waals surface area contributed by atoms with E-state index in [0.29, 0.717) is 11.4 Å². The van der Waals surface area contributed by atoms with Crippen LogP contribution in [0.1, 0.15) is 21.6 Å². The lowest BCUT2D eigenvalue weighted by atomic mass is 10.1. The highest BCUT2D eigenvalue weighted by Crippen LogP contribution is 2.21. The van der Waals surface area contributed by atoms with Crippen molar-refractivity contribution >= 4 is 11.6 Å². The van der Waals surface area contributed by atoms with Crippen molar-refractivity contribution in [2.45, 2.75) is 13.8 Å². The number of nitrogens with one attached hydrogen (secondary N) is 1. The molecule has 6 nitrogen and oxygen atoms in total. The number of hydrogen-bond acceptors (Lipinski definition) is 4. The van der Waals surface area contributed by atoms with E-state index in [9.17, 15) is 9.59 Å². The SMILES string of the molecule is COc1cc(=O)n(-c2ccccc2)nc1C(=O)Nc1cccc(C)c1C. The second-order valence-electron chi connectivity index (χ2n) is 5.85. The summed E-state index contributed by atoms with van der Waals surface area (Å²) in [6.45, 7) is 3.90. The molecule has 132 valence electrons. The Kier molecular flexibility index (Phi) is 4.84. The molecule has 0 aliphatic carbocycles. The maximum Gasteiger partial charge on any atom is 0.280 e. The summed E-state index contributed by atoms with van der Waals surface area (Å²) in [7, 11) is 1.40. The second-order valence-corrected chi connectivity index (χ2v) is 5.85. The van der Waals surface area contributed by atoms with Crippen molar-refractivity contribution < 1.29 is 9.53 Å². The number of anilines is 1. The van der Waals surface area contributed by atoms with Gasteiger partial charge >= 0.3 is 0 Å². The third-order valence-electron chi connectivity index (χ3n) is 4.19. The number of aromatic nitrogens is 2.